The van der Waals surface area contributed by atoms with Gasteiger partial charge in [0.05, 0.1) is 12.8 Å². The molecule has 11 heteroatoms. The van der Waals surface area contributed by atoms with Crippen molar-refractivity contribution in [2.75, 3.05) is 6.61 Å². The third-order valence-corrected chi connectivity index (χ3v) is 26.0. The first-order valence-electron chi connectivity index (χ1n) is 12.1. The van der Waals surface area contributed by atoms with Crippen LogP contribution in [0.5, 0.6) is 0 Å². The molecule has 0 saturated carbocycles. The molecule has 0 fully saturated rings. The van der Waals surface area contributed by atoms with Crippen molar-refractivity contribution in [1.82, 2.24) is 4.98 Å². The van der Waals surface area contributed by atoms with Crippen LogP contribution in [-0.2, 0) is 18.8 Å². The van der Waals surface area contributed by atoms with Crippen LogP contribution in [0.3, 0.4) is 0 Å². The number of nitrogens with zero attached hydrogens (tertiary/aromatic N) is 2. The Morgan fingerprint density at radius 3 is 1.82 bits per heavy atom. The van der Waals surface area contributed by atoms with Crippen molar-refractivity contribution in [2.45, 2.75) is 127 Å². The van der Waals surface area contributed by atoms with Crippen LogP contribution in [0.2, 0.25) is 54.4 Å². The highest BCUT2D eigenvalue weighted by Crippen LogP contribution is 2.43. The second-order valence-electron chi connectivity index (χ2n) is 13.9. The van der Waals surface area contributed by atoms with Crippen molar-refractivity contribution in [1.29, 1.82) is 0 Å². The minimum Gasteiger partial charge on any atom is -0.414 e. The molecule has 1 heterocycles. The van der Waals surface area contributed by atoms with Crippen LogP contribution in [0.1, 0.15) is 73.4 Å². The SMILES string of the molecule is CC(C)(C)[Si](C)(C)N=S(N)(=O)c1cnc(C(CO[Si](C)(C)C(C)(C)C)O[Si](C)(C)C(C)(C)C)s1. The molecule has 0 aliphatic heterocycles. The molecule has 2 N–H and O–H groups in total. The van der Waals surface area contributed by atoms with E-state index in [9.17, 15) is 4.21 Å². The van der Waals surface area contributed by atoms with E-state index in [1.807, 2.05) is 0 Å². The molecule has 0 amide bonds. The van der Waals surface area contributed by atoms with Crippen LogP contribution < -0.4 is 5.14 Å². The lowest BCUT2D eigenvalue weighted by molar-refractivity contribution is 0.108. The van der Waals surface area contributed by atoms with E-state index in [0.717, 1.165) is 5.01 Å². The van der Waals surface area contributed by atoms with Gasteiger partial charge in [-0.1, -0.05) is 62.3 Å². The quantitative estimate of drug-likeness (QED) is 0.324. The summed E-state index contributed by atoms with van der Waals surface area (Å²) < 4.78 is 32.2. The van der Waals surface area contributed by atoms with Gasteiger partial charge in [-0.05, 0) is 54.4 Å². The molecule has 0 aliphatic carbocycles. The zero-order chi connectivity index (χ0) is 27.2. The average molecular weight is 566 g/mol. The van der Waals surface area contributed by atoms with Crippen molar-refractivity contribution >= 4 is 46.1 Å². The summed E-state index contributed by atoms with van der Waals surface area (Å²) in [4.78, 5) is 4.65. The predicted molar refractivity (Wildman–Crippen MR) is 157 cm³/mol. The Labute approximate surface area is 217 Å². The molecule has 0 bridgehead atoms. The predicted octanol–water partition coefficient (Wildman–Crippen LogP) is 7.93. The molecule has 0 aromatic carbocycles. The molecule has 2 unspecified atom stereocenters. The zero-order valence-electron chi connectivity index (χ0n) is 24.4. The highest BCUT2D eigenvalue weighted by atomic mass is 32.2. The van der Waals surface area contributed by atoms with Crippen LogP contribution >= 0.6 is 11.3 Å². The third kappa shape index (κ3) is 7.80. The molecule has 0 aliphatic rings. The smallest absolute Gasteiger partial charge is 0.195 e. The lowest BCUT2D eigenvalue weighted by atomic mass is 10.2. The second-order valence-corrected chi connectivity index (χ2v) is 31.7. The second kappa shape index (κ2) is 10.1. The molecule has 6 nitrogen and oxygen atoms in total. The largest absolute Gasteiger partial charge is 0.414 e. The maximum absolute atomic E-state index is 13.5. The Hall–Kier alpha value is 0.111. The van der Waals surface area contributed by atoms with Crippen molar-refractivity contribution in [3.63, 3.8) is 0 Å². The number of nitrogens with two attached hydrogens (primary N) is 1. The summed E-state index contributed by atoms with van der Waals surface area (Å²) in [5, 5.41) is 7.20. The lowest BCUT2D eigenvalue weighted by Gasteiger charge is -2.41. The van der Waals surface area contributed by atoms with E-state index in [-0.39, 0.29) is 21.2 Å². The Morgan fingerprint density at radius 2 is 1.41 bits per heavy atom. The van der Waals surface area contributed by atoms with E-state index in [1.54, 1.807) is 6.20 Å². The van der Waals surface area contributed by atoms with Crippen LogP contribution in [0, 0.1) is 0 Å². The monoisotopic (exact) mass is 565 g/mol. The molecule has 1 aromatic heterocycles. The van der Waals surface area contributed by atoms with Gasteiger partial charge in [0.25, 0.3) is 0 Å². The van der Waals surface area contributed by atoms with E-state index in [2.05, 4.69) is 107 Å². The Kier molecular flexibility index (Phi) is 9.56. The number of aromatic nitrogens is 1. The van der Waals surface area contributed by atoms with Crippen LogP contribution in [0.4, 0.5) is 0 Å². The summed E-state index contributed by atoms with van der Waals surface area (Å²) in [6.07, 6.45) is 1.31. The van der Waals surface area contributed by atoms with Crippen molar-refractivity contribution < 1.29 is 13.1 Å². The summed E-state index contributed by atoms with van der Waals surface area (Å²) in [5.41, 5.74) is 0. The van der Waals surface area contributed by atoms with E-state index >= 15 is 0 Å². The summed E-state index contributed by atoms with van der Waals surface area (Å²) in [6, 6.07) is 0. The average Bonchev–Trinajstić information content (AvgIpc) is 3.05. The van der Waals surface area contributed by atoms with Gasteiger partial charge in [-0.2, -0.15) is 0 Å². The molecule has 200 valence electrons. The van der Waals surface area contributed by atoms with Crippen molar-refractivity contribution in [3.8, 4) is 0 Å². The Balaban J connectivity index is 3.44. The molecule has 34 heavy (non-hydrogen) atoms. The van der Waals surface area contributed by atoms with Gasteiger partial charge in [-0.15, -0.1) is 11.3 Å². The number of hydrogen-bond donors (Lipinski definition) is 1. The molecule has 2 atom stereocenters. The number of thiazole rings is 1. The molecular formula is C23H51N3O3S2Si3. The fourth-order valence-corrected chi connectivity index (χ4v) is 10.7. The molecule has 1 rings (SSSR count). The van der Waals surface area contributed by atoms with Gasteiger partial charge in [0, 0.05) is 0 Å². The summed E-state index contributed by atoms with van der Waals surface area (Å²) >= 11 is 1.36. The summed E-state index contributed by atoms with van der Waals surface area (Å²) in [7, 11) is -9.34. The molecule has 1 aromatic rings. The van der Waals surface area contributed by atoms with Gasteiger partial charge < -0.3 is 8.85 Å². The van der Waals surface area contributed by atoms with Gasteiger partial charge >= 0.3 is 0 Å². The van der Waals surface area contributed by atoms with Gasteiger partial charge in [0.1, 0.15) is 25.2 Å². The van der Waals surface area contributed by atoms with Crippen LogP contribution in [0.25, 0.3) is 0 Å². The lowest BCUT2D eigenvalue weighted by Crippen LogP contribution is -2.45. The Bertz CT molecular complexity index is 963. The first-order valence-corrected chi connectivity index (χ1v) is 23.2. The summed E-state index contributed by atoms with van der Waals surface area (Å²) in [5.74, 6) is 0. The van der Waals surface area contributed by atoms with E-state index in [1.165, 1.54) is 11.3 Å². The maximum atomic E-state index is 13.5. The van der Waals surface area contributed by atoms with Gasteiger partial charge in [-0.3, -0.25) is 4.03 Å². The third-order valence-electron chi connectivity index (χ3n) is 7.91. The van der Waals surface area contributed by atoms with E-state index in [0.29, 0.717) is 10.8 Å². The number of hydrogen-bond acceptors (Lipinski definition) is 6. The molecular weight excluding hydrogens is 515 g/mol. The van der Waals surface area contributed by atoms with Gasteiger partial charge in [0.2, 0.25) is 0 Å². The highest BCUT2D eigenvalue weighted by molar-refractivity contribution is 7.94. The molecule has 0 saturated heterocycles. The van der Waals surface area contributed by atoms with Crippen LogP contribution in [0.15, 0.2) is 14.4 Å². The fraction of sp³-hybridized carbons (Fsp3) is 0.870. The van der Waals surface area contributed by atoms with E-state index in [4.69, 9.17) is 18.0 Å². The van der Waals surface area contributed by atoms with E-state index < -0.39 is 34.8 Å². The zero-order valence-corrected chi connectivity index (χ0v) is 29.0. The summed E-state index contributed by atoms with van der Waals surface area (Å²) in [6.45, 7) is 33.4. The topological polar surface area (TPSA) is 86.8 Å². The van der Waals surface area contributed by atoms with Gasteiger partial charge in [0.15, 0.2) is 24.9 Å². The first-order chi connectivity index (χ1) is 14.7. The van der Waals surface area contributed by atoms with Crippen LogP contribution in [-0.4, -0.2) is 40.7 Å². The first kappa shape index (κ1) is 32.1. The Morgan fingerprint density at radius 1 is 0.941 bits per heavy atom. The molecule has 0 radical (unpaired) electrons. The minimum absolute atomic E-state index is 0.0430. The normalized spacial score (nSPS) is 17.4. The maximum Gasteiger partial charge on any atom is 0.195 e. The number of rotatable bonds is 8. The highest BCUT2D eigenvalue weighted by Gasteiger charge is 2.43. The standard InChI is InChI=1S/C23H51N3O3S2Si3/c1-21(2,3)32(10,11)26-31(24,27)19-16-25-20(30-19)18(29-34(14,15)23(7,8)9)17-28-33(12,13)22(4,5)6/h16,18H,17H2,1-15H3,(H2,24,26,27). The van der Waals surface area contributed by atoms with Crippen molar-refractivity contribution in [3.05, 3.63) is 11.2 Å². The molecule has 0 spiro atoms. The minimum atomic E-state index is -3.04. The van der Waals surface area contributed by atoms with Crippen molar-refractivity contribution in [2.24, 2.45) is 9.17 Å². The fourth-order valence-electron chi connectivity index (χ4n) is 2.27. The van der Waals surface area contributed by atoms with Gasteiger partial charge in [-0.25, -0.2) is 14.3 Å².